The Balaban J connectivity index is 2.31. The van der Waals surface area contributed by atoms with Crippen molar-refractivity contribution in [1.82, 2.24) is 0 Å². The van der Waals surface area contributed by atoms with E-state index < -0.39 is 5.97 Å². The van der Waals surface area contributed by atoms with Crippen LogP contribution in [0.2, 0.25) is 0 Å². The first-order chi connectivity index (χ1) is 9.79. The number of hydrogen-bond acceptors (Lipinski definition) is 3. The Labute approximate surface area is 127 Å². The zero-order chi connectivity index (χ0) is 15.7. The Bertz CT molecular complexity index is 708. The summed E-state index contributed by atoms with van der Waals surface area (Å²) in [6.45, 7) is 7.51. The third-order valence-electron chi connectivity index (χ3n) is 3.25. The average Bonchev–Trinajstić information content (AvgIpc) is 2.68. The van der Waals surface area contributed by atoms with Gasteiger partial charge in [0, 0.05) is 5.56 Å². The second kappa shape index (κ2) is 5.69. The van der Waals surface area contributed by atoms with E-state index in [1.807, 2.05) is 32.9 Å². The third-order valence-corrected chi connectivity index (χ3v) is 4.39. The normalized spacial score (nSPS) is 10.5. The van der Waals surface area contributed by atoms with E-state index in [9.17, 15) is 9.59 Å². The minimum Gasteiger partial charge on any atom is -0.477 e. The van der Waals surface area contributed by atoms with Gasteiger partial charge in [0.05, 0.1) is 5.00 Å². The highest BCUT2D eigenvalue weighted by Crippen LogP contribution is 2.27. The minimum atomic E-state index is -0.972. The topological polar surface area (TPSA) is 66.4 Å². The van der Waals surface area contributed by atoms with Gasteiger partial charge in [-0.1, -0.05) is 17.7 Å². The number of carbonyl (C=O) groups is 2. The summed E-state index contributed by atoms with van der Waals surface area (Å²) in [4.78, 5) is 23.7. The van der Waals surface area contributed by atoms with E-state index in [2.05, 4.69) is 5.32 Å². The third kappa shape index (κ3) is 3.13. The van der Waals surface area contributed by atoms with Crippen molar-refractivity contribution in [1.29, 1.82) is 0 Å². The van der Waals surface area contributed by atoms with Gasteiger partial charge in [-0.15, -0.1) is 11.3 Å². The van der Waals surface area contributed by atoms with Crippen molar-refractivity contribution in [2.75, 3.05) is 5.32 Å². The van der Waals surface area contributed by atoms with E-state index in [1.54, 1.807) is 13.0 Å². The monoisotopic (exact) mass is 303 g/mol. The molecule has 0 spiro atoms. The summed E-state index contributed by atoms with van der Waals surface area (Å²) in [5, 5.41) is 12.4. The molecule has 0 aliphatic heterocycles. The average molecular weight is 303 g/mol. The van der Waals surface area contributed by atoms with Crippen LogP contribution in [-0.4, -0.2) is 17.0 Å². The van der Waals surface area contributed by atoms with Gasteiger partial charge in [0.25, 0.3) is 5.91 Å². The Morgan fingerprint density at radius 1 is 1.00 bits per heavy atom. The van der Waals surface area contributed by atoms with E-state index >= 15 is 0 Å². The molecule has 2 aromatic rings. The number of benzene rings is 1. The molecule has 1 aromatic heterocycles. The molecule has 0 unspecified atom stereocenters. The lowest BCUT2D eigenvalue weighted by atomic mass is 9.99. The molecule has 0 bridgehead atoms. The van der Waals surface area contributed by atoms with Gasteiger partial charge in [-0.25, -0.2) is 4.79 Å². The summed E-state index contributed by atoms with van der Waals surface area (Å²) >= 11 is 1.07. The van der Waals surface area contributed by atoms with Crippen LogP contribution in [0.3, 0.4) is 0 Å². The van der Waals surface area contributed by atoms with E-state index in [0.29, 0.717) is 16.1 Å². The van der Waals surface area contributed by atoms with Crippen LogP contribution in [0.5, 0.6) is 0 Å². The van der Waals surface area contributed by atoms with Gasteiger partial charge in [0.1, 0.15) is 4.88 Å². The second-order valence-electron chi connectivity index (χ2n) is 5.16. The predicted molar refractivity (Wildman–Crippen MR) is 84.6 cm³/mol. The second-order valence-corrected chi connectivity index (χ2v) is 6.21. The van der Waals surface area contributed by atoms with Crippen LogP contribution in [0.15, 0.2) is 18.2 Å². The van der Waals surface area contributed by atoms with Crippen LogP contribution in [0.1, 0.15) is 42.3 Å². The fourth-order valence-electron chi connectivity index (χ4n) is 2.47. The molecule has 0 fully saturated rings. The van der Waals surface area contributed by atoms with E-state index in [0.717, 1.165) is 28.0 Å². The number of aryl methyl sites for hydroxylation is 4. The molecule has 0 aliphatic carbocycles. The minimum absolute atomic E-state index is 0.205. The molecule has 0 aliphatic rings. The maximum atomic E-state index is 12.4. The van der Waals surface area contributed by atoms with Crippen molar-refractivity contribution >= 4 is 28.2 Å². The van der Waals surface area contributed by atoms with Crippen molar-refractivity contribution in [2.45, 2.75) is 27.7 Å². The van der Waals surface area contributed by atoms with Gasteiger partial charge in [-0.3, -0.25) is 4.79 Å². The molecule has 0 saturated carbocycles. The SMILES string of the molecule is Cc1cc(C)c(C(=O)Nc2cc(C)c(C(=O)O)s2)c(C)c1. The number of rotatable bonds is 3. The molecule has 21 heavy (non-hydrogen) atoms. The fourth-order valence-corrected chi connectivity index (χ4v) is 3.38. The summed E-state index contributed by atoms with van der Waals surface area (Å²) in [7, 11) is 0. The van der Waals surface area contributed by atoms with E-state index in [1.165, 1.54) is 0 Å². The van der Waals surface area contributed by atoms with Gasteiger partial charge in [0.15, 0.2) is 0 Å². The van der Waals surface area contributed by atoms with Gasteiger partial charge in [-0.2, -0.15) is 0 Å². The molecular weight excluding hydrogens is 286 g/mol. The van der Waals surface area contributed by atoms with Crippen molar-refractivity contribution in [3.8, 4) is 0 Å². The van der Waals surface area contributed by atoms with E-state index in [4.69, 9.17) is 5.11 Å². The molecule has 1 amide bonds. The molecular formula is C16H17NO3S. The lowest BCUT2D eigenvalue weighted by molar-refractivity contribution is 0.0701. The predicted octanol–water partition coefficient (Wildman–Crippen LogP) is 3.93. The molecule has 2 rings (SSSR count). The molecule has 5 heteroatoms. The highest BCUT2D eigenvalue weighted by atomic mass is 32.1. The first-order valence-electron chi connectivity index (χ1n) is 6.52. The Morgan fingerprint density at radius 2 is 1.57 bits per heavy atom. The molecule has 2 N–H and O–H groups in total. The molecule has 1 aromatic carbocycles. The van der Waals surface area contributed by atoms with Crippen molar-refractivity contribution < 1.29 is 14.7 Å². The smallest absolute Gasteiger partial charge is 0.346 e. The van der Waals surface area contributed by atoms with Crippen LogP contribution >= 0.6 is 11.3 Å². The molecule has 0 atom stereocenters. The highest BCUT2D eigenvalue weighted by molar-refractivity contribution is 7.18. The summed E-state index contributed by atoms with van der Waals surface area (Å²) in [5.41, 5.74) is 4.24. The number of hydrogen-bond donors (Lipinski definition) is 2. The number of anilines is 1. The molecule has 0 saturated heterocycles. The van der Waals surface area contributed by atoms with Gasteiger partial charge < -0.3 is 10.4 Å². The van der Waals surface area contributed by atoms with Gasteiger partial charge >= 0.3 is 5.97 Å². The number of carbonyl (C=O) groups excluding carboxylic acids is 1. The summed E-state index contributed by atoms with van der Waals surface area (Å²) < 4.78 is 0. The largest absolute Gasteiger partial charge is 0.477 e. The highest BCUT2D eigenvalue weighted by Gasteiger charge is 2.17. The van der Waals surface area contributed by atoms with Crippen LogP contribution in [0.4, 0.5) is 5.00 Å². The van der Waals surface area contributed by atoms with Gasteiger partial charge in [-0.05, 0) is 50.5 Å². The first-order valence-corrected chi connectivity index (χ1v) is 7.34. The standard InChI is InChI=1S/C16H17NO3S/c1-8-5-9(2)13(10(3)6-8)15(18)17-12-7-11(4)14(21-12)16(19)20/h5-7H,1-4H3,(H,17,18)(H,19,20). The number of carboxylic acids is 1. The fraction of sp³-hybridized carbons (Fsp3) is 0.250. The summed E-state index contributed by atoms with van der Waals surface area (Å²) in [5.74, 6) is -1.18. The zero-order valence-corrected chi connectivity index (χ0v) is 13.2. The van der Waals surface area contributed by atoms with Crippen molar-refractivity contribution in [3.05, 3.63) is 50.9 Å². The lowest BCUT2D eigenvalue weighted by Crippen LogP contribution is -2.14. The summed E-state index contributed by atoms with van der Waals surface area (Å²) in [6, 6.07) is 5.61. The molecule has 110 valence electrons. The van der Waals surface area contributed by atoms with Crippen molar-refractivity contribution in [3.63, 3.8) is 0 Å². The quantitative estimate of drug-likeness (QED) is 0.902. The Hall–Kier alpha value is -2.14. The Morgan fingerprint density at radius 3 is 2.05 bits per heavy atom. The summed E-state index contributed by atoms with van der Waals surface area (Å²) in [6.07, 6.45) is 0. The van der Waals surface area contributed by atoms with Gasteiger partial charge in [0.2, 0.25) is 0 Å². The zero-order valence-electron chi connectivity index (χ0n) is 12.4. The van der Waals surface area contributed by atoms with E-state index in [-0.39, 0.29) is 10.8 Å². The maximum Gasteiger partial charge on any atom is 0.346 e. The van der Waals surface area contributed by atoms with Crippen molar-refractivity contribution in [2.24, 2.45) is 0 Å². The van der Waals surface area contributed by atoms with Crippen LogP contribution in [0.25, 0.3) is 0 Å². The molecule has 4 nitrogen and oxygen atoms in total. The lowest BCUT2D eigenvalue weighted by Gasteiger charge is -2.10. The molecule has 0 radical (unpaired) electrons. The number of thiophene rings is 1. The number of carboxylic acid groups (broad SMARTS) is 1. The van der Waals surface area contributed by atoms with Crippen LogP contribution in [-0.2, 0) is 0 Å². The maximum absolute atomic E-state index is 12.4. The Kier molecular flexibility index (Phi) is 4.14. The first kappa shape index (κ1) is 15.3. The van der Waals surface area contributed by atoms with Crippen LogP contribution in [0, 0.1) is 27.7 Å². The number of nitrogens with one attached hydrogen (secondary N) is 1. The number of amides is 1. The van der Waals surface area contributed by atoms with Crippen LogP contribution < -0.4 is 5.32 Å². The molecule has 1 heterocycles. The number of aromatic carboxylic acids is 1.